The molecular weight excluding hydrogens is 330 g/mol. The Balaban J connectivity index is 1.72. The lowest BCUT2D eigenvalue weighted by Crippen LogP contribution is -2.30. The molecule has 2 aromatic carbocycles. The summed E-state index contributed by atoms with van der Waals surface area (Å²) in [5, 5.41) is 2.76. The Morgan fingerprint density at radius 1 is 1.08 bits per heavy atom. The number of carbonyl (C=O) groups is 2. The normalized spacial score (nSPS) is 10.5. The average molecular weight is 355 g/mol. The van der Waals surface area contributed by atoms with Gasteiger partial charge in [-0.05, 0) is 41.7 Å². The lowest BCUT2D eigenvalue weighted by atomic mass is 10.0. The molecule has 2 aromatic rings. The van der Waals surface area contributed by atoms with E-state index in [-0.39, 0.29) is 12.5 Å². The molecule has 5 nitrogen and oxygen atoms in total. The summed E-state index contributed by atoms with van der Waals surface area (Å²) in [5.41, 5.74) is 2.80. The van der Waals surface area contributed by atoms with Crippen LogP contribution >= 0.6 is 0 Å². The fraction of sp³-hybridized carbons (Fsp3) is 0.333. The maximum atomic E-state index is 11.9. The van der Waals surface area contributed by atoms with Crippen LogP contribution in [0.15, 0.2) is 48.5 Å². The Morgan fingerprint density at radius 2 is 1.81 bits per heavy atom. The summed E-state index contributed by atoms with van der Waals surface area (Å²) >= 11 is 0. The molecule has 0 fully saturated rings. The maximum absolute atomic E-state index is 11.9. The second-order valence-corrected chi connectivity index (χ2v) is 6.30. The smallest absolute Gasteiger partial charge is 0.338 e. The zero-order valence-corrected chi connectivity index (χ0v) is 15.5. The molecule has 0 aliphatic rings. The Hall–Kier alpha value is -2.82. The third-order valence-corrected chi connectivity index (χ3v) is 4.02. The van der Waals surface area contributed by atoms with Gasteiger partial charge in [-0.15, -0.1) is 0 Å². The molecule has 0 radical (unpaired) electrons. The van der Waals surface area contributed by atoms with Crippen LogP contribution in [0.1, 0.15) is 41.3 Å². The van der Waals surface area contributed by atoms with Crippen molar-refractivity contribution in [2.45, 2.75) is 26.2 Å². The standard InChI is InChI=1S/C21H25NO4/c1-15(2)17-9-7-16(8-10-17)11-12-22-20(23)14-26-21(24)18-5-4-6-19(13-18)25-3/h4-10,13,15H,11-12,14H2,1-3H3,(H,22,23). The minimum absolute atomic E-state index is 0.303. The van der Waals surface area contributed by atoms with Crippen LogP contribution in [0, 0.1) is 0 Å². The fourth-order valence-corrected chi connectivity index (χ4v) is 2.43. The minimum atomic E-state index is -0.552. The van der Waals surface area contributed by atoms with Crippen LogP contribution in [0.2, 0.25) is 0 Å². The molecule has 0 saturated heterocycles. The van der Waals surface area contributed by atoms with E-state index in [1.165, 1.54) is 12.7 Å². The van der Waals surface area contributed by atoms with Gasteiger partial charge in [0.25, 0.3) is 5.91 Å². The molecule has 5 heteroatoms. The van der Waals surface area contributed by atoms with E-state index in [2.05, 4.69) is 43.4 Å². The van der Waals surface area contributed by atoms with Crippen molar-refractivity contribution < 1.29 is 19.1 Å². The van der Waals surface area contributed by atoms with E-state index in [1.54, 1.807) is 24.3 Å². The SMILES string of the molecule is COc1cccc(C(=O)OCC(=O)NCCc2ccc(C(C)C)cc2)c1. The number of rotatable bonds is 8. The lowest BCUT2D eigenvalue weighted by Gasteiger charge is -2.09. The van der Waals surface area contributed by atoms with Crippen LogP contribution < -0.4 is 10.1 Å². The summed E-state index contributed by atoms with van der Waals surface area (Å²) in [6, 6.07) is 15.0. The number of benzene rings is 2. The van der Waals surface area contributed by atoms with E-state index in [1.807, 2.05) is 0 Å². The average Bonchev–Trinajstić information content (AvgIpc) is 2.66. The first-order chi connectivity index (χ1) is 12.5. The van der Waals surface area contributed by atoms with E-state index in [4.69, 9.17) is 9.47 Å². The van der Waals surface area contributed by atoms with Crippen molar-refractivity contribution in [2.24, 2.45) is 0 Å². The zero-order chi connectivity index (χ0) is 18.9. The van der Waals surface area contributed by atoms with Crippen LogP contribution in [-0.2, 0) is 16.0 Å². The fourth-order valence-electron chi connectivity index (χ4n) is 2.43. The number of ether oxygens (including phenoxy) is 2. The van der Waals surface area contributed by atoms with E-state index < -0.39 is 5.97 Å². The van der Waals surface area contributed by atoms with Crippen molar-refractivity contribution in [3.05, 3.63) is 65.2 Å². The molecule has 0 saturated carbocycles. The molecule has 0 bridgehead atoms. The molecule has 2 rings (SSSR count). The maximum Gasteiger partial charge on any atom is 0.338 e. The third kappa shape index (κ3) is 5.92. The molecule has 0 heterocycles. The van der Waals surface area contributed by atoms with Gasteiger partial charge in [-0.25, -0.2) is 4.79 Å². The molecule has 0 atom stereocenters. The van der Waals surface area contributed by atoms with Gasteiger partial charge in [0, 0.05) is 6.54 Å². The van der Waals surface area contributed by atoms with Gasteiger partial charge < -0.3 is 14.8 Å². The van der Waals surface area contributed by atoms with E-state index in [9.17, 15) is 9.59 Å². The zero-order valence-electron chi connectivity index (χ0n) is 15.5. The van der Waals surface area contributed by atoms with Gasteiger partial charge in [0.2, 0.25) is 0 Å². The monoisotopic (exact) mass is 355 g/mol. The van der Waals surface area contributed by atoms with Crippen LogP contribution in [0.3, 0.4) is 0 Å². The van der Waals surface area contributed by atoms with Crippen molar-refractivity contribution in [3.63, 3.8) is 0 Å². The van der Waals surface area contributed by atoms with Gasteiger partial charge in [0.15, 0.2) is 6.61 Å². The summed E-state index contributed by atoms with van der Waals surface area (Å²) in [4.78, 5) is 23.8. The highest BCUT2D eigenvalue weighted by Gasteiger charge is 2.10. The summed E-state index contributed by atoms with van der Waals surface area (Å²) in [6.07, 6.45) is 0.730. The molecule has 138 valence electrons. The Labute approximate surface area is 154 Å². The van der Waals surface area contributed by atoms with Gasteiger partial charge in [-0.3, -0.25) is 4.79 Å². The van der Waals surface area contributed by atoms with Crippen molar-refractivity contribution in [1.29, 1.82) is 0 Å². The van der Waals surface area contributed by atoms with Crippen LogP contribution in [-0.4, -0.2) is 32.1 Å². The van der Waals surface area contributed by atoms with Crippen LogP contribution in [0.5, 0.6) is 5.75 Å². The molecule has 0 aliphatic heterocycles. The molecule has 0 unspecified atom stereocenters. The number of nitrogens with one attached hydrogen (secondary N) is 1. The molecule has 0 spiro atoms. The number of carbonyl (C=O) groups excluding carboxylic acids is 2. The Kier molecular flexibility index (Phi) is 7.21. The first-order valence-electron chi connectivity index (χ1n) is 8.66. The molecule has 1 amide bonds. The van der Waals surface area contributed by atoms with Crippen molar-refractivity contribution in [3.8, 4) is 5.75 Å². The third-order valence-electron chi connectivity index (χ3n) is 4.02. The highest BCUT2D eigenvalue weighted by Crippen LogP contribution is 2.15. The minimum Gasteiger partial charge on any atom is -0.497 e. The van der Waals surface area contributed by atoms with Crippen molar-refractivity contribution >= 4 is 11.9 Å². The number of methoxy groups -OCH3 is 1. The molecule has 0 aliphatic carbocycles. The molecule has 1 N–H and O–H groups in total. The van der Waals surface area contributed by atoms with E-state index in [0.29, 0.717) is 23.8 Å². The van der Waals surface area contributed by atoms with Gasteiger partial charge in [-0.1, -0.05) is 44.2 Å². The number of hydrogen-bond acceptors (Lipinski definition) is 4. The summed E-state index contributed by atoms with van der Waals surface area (Å²) in [5.74, 6) is 0.193. The first-order valence-corrected chi connectivity index (χ1v) is 8.66. The van der Waals surface area contributed by atoms with Gasteiger partial charge >= 0.3 is 5.97 Å². The molecular formula is C21H25NO4. The summed E-state index contributed by atoms with van der Waals surface area (Å²) in [6.45, 7) is 4.50. The Morgan fingerprint density at radius 3 is 2.46 bits per heavy atom. The predicted octanol–water partition coefficient (Wildman–Crippen LogP) is 3.33. The topological polar surface area (TPSA) is 64.6 Å². The second-order valence-electron chi connectivity index (χ2n) is 6.30. The van der Waals surface area contributed by atoms with E-state index >= 15 is 0 Å². The molecule has 26 heavy (non-hydrogen) atoms. The number of esters is 1. The summed E-state index contributed by atoms with van der Waals surface area (Å²) in [7, 11) is 1.52. The van der Waals surface area contributed by atoms with Gasteiger partial charge in [-0.2, -0.15) is 0 Å². The highest BCUT2D eigenvalue weighted by atomic mass is 16.5. The Bertz CT molecular complexity index is 738. The summed E-state index contributed by atoms with van der Waals surface area (Å²) < 4.78 is 10.1. The van der Waals surface area contributed by atoms with Crippen LogP contribution in [0.25, 0.3) is 0 Å². The number of hydrogen-bond donors (Lipinski definition) is 1. The quantitative estimate of drug-likeness (QED) is 0.738. The largest absolute Gasteiger partial charge is 0.497 e. The highest BCUT2D eigenvalue weighted by molar-refractivity contribution is 5.91. The van der Waals surface area contributed by atoms with E-state index in [0.717, 1.165) is 12.0 Å². The van der Waals surface area contributed by atoms with Gasteiger partial charge in [0.1, 0.15) is 5.75 Å². The van der Waals surface area contributed by atoms with Gasteiger partial charge in [0.05, 0.1) is 12.7 Å². The second kappa shape index (κ2) is 9.61. The molecule has 0 aromatic heterocycles. The van der Waals surface area contributed by atoms with Crippen molar-refractivity contribution in [2.75, 3.05) is 20.3 Å². The number of amides is 1. The van der Waals surface area contributed by atoms with Crippen molar-refractivity contribution in [1.82, 2.24) is 5.32 Å². The predicted molar refractivity (Wildman–Crippen MR) is 101 cm³/mol. The van der Waals surface area contributed by atoms with Crippen LogP contribution in [0.4, 0.5) is 0 Å². The lowest BCUT2D eigenvalue weighted by molar-refractivity contribution is -0.124. The first kappa shape index (κ1) is 19.5.